The van der Waals surface area contributed by atoms with Crippen molar-refractivity contribution in [3.63, 3.8) is 0 Å². The molecule has 1 aromatic carbocycles. The third-order valence-corrected chi connectivity index (χ3v) is 6.78. The zero-order valence-corrected chi connectivity index (χ0v) is 22.0. The van der Waals surface area contributed by atoms with Gasteiger partial charge < -0.3 is 24.5 Å². The molecule has 0 saturated heterocycles. The minimum Gasteiger partial charge on any atom is -0.479 e. The molecule has 0 atom stereocenters. The molecule has 2 N–H and O–H groups in total. The van der Waals surface area contributed by atoms with Crippen LogP contribution in [-0.4, -0.2) is 36.6 Å². The molecule has 4 rings (SSSR count). The first-order valence-electron chi connectivity index (χ1n) is 12.4. The van der Waals surface area contributed by atoms with Gasteiger partial charge in [0.05, 0.1) is 26.7 Å². The summed E-state index contributed by atoms with van der Waals surface area (Å²) in [7, 11) is 2.87. The highest BCUT2D eigenvalue weighted by Gasteiger charge is 2.28. The standard InChI is InChI=1S/C28H33N5O4/c1-17-14-18-8-6-11-28(2,3)21(18)16-19(17)15-20-9-10-22(37-20)24(34)31-23-25(35-4)32-27(30-13-7-12-29)33-26(23)36-5/h9-10,14,16H,6-8,11,13,15H2,1-5H3,(H,31,34)(H,30,32,33). The van der Waals surface area contributed by atoms with Crippen LogP contribution in [0.2, 0.25) is 0 Å². The fourth-order valence-corrected chi connectivity index (χ4v) is 4.79. The highest BCUT2D eigenvalue weighted by molar-refractivity contribution is 6.03. The number of aromatic nitrogens is 2. The van der Waals surface area contributed by atoms with Crippen molar-refractivity contribution in [1.82, 2.24) is 9.97 Å². The fourth-order valence-electron chi connectivity index (χ4n) is 4.79. The van der Waals surface area contributed by atoms with Crippen molar-refractivity contribution in [3.05, 3.63) is 58.0 Å². The van der Waals surface area contributed by atoms with Gasteiger partial charge in [0.1, 0.15) is 5.76 Å². The number of amides is 1. The summed E-state index contributed by atoms with van der Waals surface area (Å²) in [5.41, 5.74) is 5.62. The summed E-state index contributed by atoms with van der Waals surface area (Å²) < 4.78 is 16.6. The number of aryl methyl sites for hydroxylation is 2. The molecule has 0 bridgehead atoms. The molecule has 1 aliphatic rings. The Labute approximate surface area is 217 Å². The van der Waals surface area contributed by atoms with Crippen LogP contribution >= 0.6 is 0 Å². The Morgan fingerprint density at radius 2 is 1.92 bits per heavy atom. The number of furan rings is 1. The van der Waals surface area contributed by atoms with Crippen molar-refractivity contribution in [3.8, 4) is 17.8 Å². The number of nitrogens with one attached hydrogen (secondary N) is 2. The molecule has 0 saturated carbocycles. The lowest BCUT2D eigenvalue weighted by Gasteiger charge is -2.33. The van der Waals surface area contributed by atoms with Crippen LogP contribution in [0.5, 0.6) is 11.8 Å². The molecule has 0 spiro atoms. The predicted octanol–water partition coefficient (Wildman–Crippen LogP) is 5.18. The van der Waals surface area contributed by atoms with Gasteiger partial charge in [-0.1, -0.05) is 26.0 Å². The second-order valence-electron chi connectivity index (χ2n) is 9.85. The van der Waals surface area contributed by atoms with E-state index < -0.39 is 5.91 Å². The average molecular weight is 504 g/mol. The molecule has 2 heterocycles. The summed E-state index contributed by atoms with van der Waals surface area (Å²) >= 11 is 0. The van der Waals surface area contributed by atoms with Gasteiger partial charge in [0.25, 0.3) is 5.91 Å². The molecule has 1 amide bonds. The number of benzene rings is 1. The van der Waals surface area contributed by atoms with Gasteiger partial charge in [-0.3, -0.25) is 4.79 Å². The van der Waals surface area contributed by atoms with Gasteiger partial charge in [-0.05, 0) is 66.0 Å². The largest absolute Gasteiger partial charge is 0.479 e. The van der Waals surface area contributed by atoms with E-state index in [-0.39, 0.29) is 41.0 Å². The molecule has 0 radical (unpaired) electrons. The van der Waals surface area contributed by atoms with Gasteiger partial charge in [-0.15, -0.1) is 0 Å². The van der Waals surface area contributed by atoms with E-state index in [2.05, 4.69) is 53.5 Å². The number of methoxy groups -OCH3 is 2. The van der Waals surface area contributed by atoms with E-state index in [1.54, 1.807) is 6.07 Å². The van der Waals surface area contributed by atoms with Gasteiger partial charge in [0, 0.05) is 13.0 Å². The molecule has 9 nitrogen and oxygen atoms in total. The Morgan fingerprint density at radius 3 is 2.59 bits per heavy atom. The first kappa shape index (κ1) is 26.0. The van der Waals surface area contributed by atoms with Crippen molar-refractivity contribution in [2.45, 2.75) is 58.3 Å². The lowest BCUT2D eigenvalue weighted by atomic mass is 9.71. The van der Waals surface area contributed by atoms with Gasteiger partial charge in [0.15, 0.2) is 11.4 Å². The first-order valence-corrected chi connectivity index (χ1v) is 12.4. The van der Waals surface area contributed by atoms with E-state index in [0.29, 0.717) is 18.7 Å². The van der Waals surface area contributed by atoms with E-state index in [1.165, 1.54) is 49.3 Å². The number of anilines is 2. The van der Waals surface area contributed by atoms with E-state index in [0.717, 1.165) is 6.42 Å². The molecular formula is C28H33N5O4. The van der Waals surface area contributed by atoms with Crippen molar-refractivity contribution in [2.24, 2.45) is 0 Å². The van der Waals surface area contributed by atoms with Gasteiger partial charge in [-0.25, -0.2) is 0 Å². The van der Waals surface area contributed by atoms with Gasteiger partial charge in [-0.2, -0.15) is 15.2 Å². The topological polar surface area (TPSA) is 122 Å². The summed E-state index contributed by atoms with van der Waals surface area (Å²) in [6.45, 7) is 7.11. The highest BCUT2D eigenvalue weighted by atomic mass is 16.5. The van der Waals surface area contributed by atoms with Gasteiger partial charge in [0.2, 0.25) is 17.7 Å². The van der Waals surface area contributed by atoms with Crippen LogP contribution < -0.4 is 20.1 Å². The number of carbonyl (C=O) groups is 1. The first-order chi connectivity index (χ1) is 17.7. The van der Waals surface area contributed by atoms with E-state index in [9.17, 15) is 4.79 Å². The third kappa shape index (κ3) is 5.69. The molecule has 0 aliphatic heterocycles. The van der Waals surface area contributed by atoms with Crippen molar-refractivity contribution >= 4 is 17.5 Å². The Morgan fingerprint density at radius 1 is 1.19 bits per heavy atom. The Balaban J connectivity index is 1.52. The Bertz CT molecular complexity index is 1310. The molecule has 0 fully saturated rings. The van der Waals surface area contributed by atoms with Crippen LogP contribution in [0.25, 0.3) is 0 Å². The number of fused-ring (bicyclic) bond motifs is 1. The SMILES string of the molecule is COc1nc(NCCC#N)nc(OC)c1NC(=O)c1ccc(Cc2cc3c(cc2C)CCCC3(C)C)o1. The maximum Gasteiger partial charge on any atom is 0.291 e. The Hall–Kier alpha value is -4.06. The fraction of sp³-hybridized carbons (Fsp3) is 0.429. The van der Waals surface area contributed by atoms with Crippen LogP contribution in [0.3, 0.4) is 0 Å². The molecule has 3 aromatic rings. The number of ether oxygens (including phenoxy) is 2. The molecule has 1 aliphatic carbocycles. The maximum atomic E-state index is 13.0. The second-order valence-corrected chi connectivity index (χ2v) is 9.85. The summed E-state index contributed by atoms with van der Waals surface area (Å²) in [6.07, 6.45) is 4.41. The molecule has 194 valence electrons. The second kappa shape index (κ2) is 10.9. The number of rotatable bonds is 9. The van der Waals surface area contributed by atoms with Crippen LogP contribution in [0.4, 0.5) is 11.6 Å². The molecular weight excluding hydrogens is 470 g/mol. The maximum absolute atomic E-state index is 13.0. The quantitative estimate of drug-likeness (QED) is 0.383. The van der Waals surface area contributed by atoms with Crippen molar-refractivity contribution in [1.29, 1.82) is 5.26 Å². The summed E-state index contributed by atoms with van der Waals surface area (Å²) in [5, 5.41) is 14.4. The third-order valence-electron chi connectivity index (χ3n) is 6.78. The molecule has 2 aromatic heterocycles. The number of carbonyl (C=O) groups excluding carboxylic acids is 1. The lowest BCUT2D eigenvalue weighted by molar-refractivity contribution is 0.0994. The number of hydrogen-bond donors (Lipinski definition) is 2. The zero-order chi connectivity index (χ0) is 26.6. The van der Waals surface area contributed by atoms with E-state index in [4.69, 9.17) is 19.2 Å². The van der Waals surface area contributed by atoms with Crippen molar-refractivity contribution in [2.75, 3.05) is 31.4 Å². The minimum atomic E-state index is -0.472. The van der Waals surface area contributed by atoms with Crippen LogP contribution in [0.15, 0.2) is 28.7 Å². The lowest BCUT2D eigenvalue weighted by Crippen LogP contribution is -2.24. The predicted molar refractivity (Wildman–Crippen MR) is 140 cm³/mol. The summed E-state index contributed by atoms with van der Waals surface area (Å²) in [5.74, 6) is 0.864. The zero-order valence-electron chi connectivity index (χ0n) is 22.0. The summed E-state index contributed by atoms with van der Waals surface area (Å²) in [4.78, 5) is 21.5. The molecule has 0 unspecified atom stereocenters. The monoisotopic (exact) mass is 503 g/mol. The molecule has 37 heavy (non-hydrogen) atoms. The van der Waals surface area contributed by atoms with Crippen LogP contribution in [0.1, 0.15) is 71.7 Å². The smallest absolute Gasteiger partial charge is 0.291 e. The number of nitrogens with zero attached hydrogens (tertiary/aromatic N) is 3. The van der Waals surface area contributed by atoms with E-state index in [1.807, 2.05) is 12.1 Å². The van der Waals surface area contributed by atoms with E-state index >= 15 is 0 Å². The van der Waals surface area contributed by atoms with Gasteiger partial charge >= 0.3 is 0 Å². The summed E-state index contributed by atoms with van der Waals surface area (Å²) in [6, 6.07) is 10.1. The van der Waals surface area contributed by atoms with Crippen molar-refractivity contribution < 1.29 is 18.7 Å². The Kier molecular flexibility index (Phi) is 7.67. The van der Waals surface area contributed by atoms with Crippen LogP contribution in [0, 0.1) is 18.3 Å². The van der Waals surface area contributed by atoms with Crippen LogP contribution in [-0.2, 0) is 18.3 Å². The normalized spacial score (nSPS) is 13.8. The number of hydrogen-bond acceptors (Lipinski definition) is 8. The average Bonchev–Trinajstić information content (AvgIpc) is 3.34. The minimum absolute atomic E-state index is 0.124. The molecule has 9 heteroatoms. The highest BCUT2D eigenvalue weighted by Crippen LogP contribution is 2.38. The number of nitriles is 1.